The lowest BCUT2D eigenvalue weighted by Gasteiger charge is -2.25. The van der Waals surface area contributed by atoms with E-state index >= 15 is 0 Å². The maximum Gasteiger partial charge on any atom is 0.278 e. The first-order valence-corrected chi connectivity index (χ1v) is 10.7. The second-order valence-corrected chi connectivity index (χ2v) is 8.66. The van der Waals surface area contributed by atoms with Gasteiger partial charge < -0.3 is 4.74 Å². The zero-order valence-electron chi connectivity index (χ0n) is 16.0. The first-order valence-electron chi connectivity index (χ1n) is 8.88. The van der Waals surface area contributed by atoms with Crippen LogP contribution < -0.4 is 9.04 Å². The number of rotatable bonds is 6. The Labute approximate surface area is 175 Å². The van der Waals surface area contributed by atoms with Crippen molar-refractivity contribution in [3.8, 4) is 5.75 Å². The summed E-state index contributed by atoms with van der Waals surface area (Å²) in [4.78, 5) is 13.1. The Morgan fingerprint density at radius 3 is 2.24 bits per heavy atom. The van der Waals surface area contributed by atoms with E-state index < -0.39 is 22.5 Å². The molecule has 0 radical (unpaired) electrons. The summed E-state index contributed by atoms with van der Waals surface area (Å²) in [6.45, 7) is 3.20. The molecule has 0 aliphatic rings. The lowest BCUT2D eigenvalue weighted by atomic mass is 10.1. The van der Waals surface area contributed by atoms with E-state index in [9.17, 15) is 13.2 Å². The lowest BCUT2D eigenvalue weighted by molar-refractivity contribution is -0.119. The van der Waals surface area contributed by atoms with Crippen LogP contribution in [-0.2, 0) is 14.8 Å². The first kappa shape index (κ1) is 20.9. The van der Waals surface area contributed by atoms with Crippen LogP contribution in [0.15, 0.2) is 77.7 Å². The van der Waals surface area contributed by atoms with Crippen LogP contribution in [0.1, 0.15) is 11.1 Å². The van der Waals surface area contributed by atoms with Gasteiger partial charge in [-0.05, 0) is 67.4 Å². The third-order valence-corrected chi connectivity index (χ3v) is 6.48. The SMILES string of the molecule is Cc1cccc(N(C(=O)COc2ccc(Cl)cc2)S(=O)(=O)c2ccccc2)c1C. The van der Waals surface area contributed by atoms with Gasteiger partial charge in [0.15, 0.2) is 6.61 Å². The smallest absolute Gasteiger partial charge is 0.278 e. The number of aryl methyl sites for hydroxylation is 1. The van der Waals surface area contributed by atoms with Gasteiger partial charge in [0.2, 0.25) is 0 Å². The Balaban J connectivity index is 1.99. The maximum atomic E-state index is 13.3. The largest absolute Gasteiger partial charge is 0.484 e. The second kappa shape index (κ2) is 8.68. The first-order chi connectivity index (χ1) is 13.8. The molecule has 5 nitrogen and oxygen atoms in total. The minimum atomic E-state index is -4.12. The van der Waals surface area contributed by atoms with Crippen molar-refractivity contribution in [1.82, 2.24) is 0 Å². The highest BCUT2D eigenvalue weighted by Gasteiger charge is 2.32. The van der Waals surface area contributed by atoms with Crippen molar-refractivity contribution >= 4 is 33.2 Å². The molecule has 0 aromatic heterocycles. The second-order valence-electron chi connectivity index (χ2n) is 6.44. The van der Waals surface area contributed by atoms with Gasteiger partial charge in [0.25, 0.3) is 15.9 Å². The van der Waals surface area contributed by atoms with E-state index in [0.29, 0.717) is 22.0 Å². The summed E-state index contributed by atoms with van der Waals surface area (Å²) in [5.74, 6) is -0.279. The van der Waals surface area contributed by atoms with Gasteiger partial charge >= 0.3 is 0 Å². The normalized spacial score (nSPS) is 11.1. The highest BCUT2D eigenvalue weighted by Crippen LogP contribution is 2.29. The van der Waals surface area contributed by atoms with Gasteiger partial charge in [0, 0.05) is 5.02 Å². The fraction of sp³-hybridized carbons (Fsp3) is 0.136. The van der Waals surface area contributed by atoms with E-state index in [1.807, 2.05) is 13.0 Å². The van der Waals surface area contributed by atoms with Crippen molar-refractivity contribution in [3.05, 3.63) is 88.9 Å². The number of amides is 1. The molecule has 0 aliphatic carbocycles. The molecule has 0 bridgehead atoms. The number of anilines is 1. The molecule has 0 heterocycles. The summed E-state index contributed by atoms with van der Waals surface area (Å²) in [6.07, 6.45) is 0. The molecule has 7 heteroatoms. The number of nitrogens with zero attached hydrogens (tertiary/aromatic N) is 1. The highest BCUT2D eigenvalue weighted by molar-refractivity contribution is 7.93. The molecule has 0 N–H and O–H groups in total. The number of hydrogen-bond donors (Lipinski definition) is 0. The Morgan fingerprint density at radius 1 is 0.931 bits per heavy atom. The van der Waals surface area contributed by atoms with Crippen LogP contribution in [0.5, 0.6) is 5.75 Å². The molecule has 0 fully saturated rings. The fourth-order valence-electron chi connectivity index (χ4n) is 2.79. The maximum absolute atomic E-state index is 13.3. The molecule has 0 spiro atoms. The van der Waals surface area contributed by atoms with Crippen LogP contribution in [0.25, 0.3) is 0 Å². The van der Waals surface area contributed by atoms with E-state index in [-0.39, 0.29) is 4.90 Å². The van der Waals surface area contributed by atoms with Gasteiger partial charge in [-0.2, -0.15) is 4.31 Å². The number of halogens is 1. The van der Waals surface area contributed by atoms with Crippen LogP contribution in [0.4, 0.5) is 5.69 Å². The Hall–Kier alpha value is -2.83. The predicted molar refractivity (Wildman–Crippen MR) is 114 cm³/mol. The van der Waals surface area contributed by atoms with Crippen molar-refractivity contribution in [3.63, 3.8) is 0 Å². The van der Waals surface area contributed by atoms with Gasteiger partial charge in [-0.3, -0.25) is 4.79 Å². The number of sulfonamides is 1. The average Bonchev–Trinajstić information content (AvgIpc) is 2.71. The summed E-state index contributed by atoms with van der Waals surface area (Å²) in [5.41, 5.74) is 1.88. The third kappa shape index (κ3) is 4.60. The molecule has 0 aliphatic heterocycles. The van der Waals surface area contributed by atoms with E-state index in [0.717, 1.165) is 9.87 Å². The minimum absolute atomic E-state index is 0.0285. The van der Waals surface area contributed by atoms with Gasteiger partial charge in [0.05, 0.1) is 10.6 Å². The van der Waals surface area contributed by atoms with Crippen LogP contribution in [0, 0.1) is 13.8 Å². The zero-order chi connectivity index (χ0) is 21.0. The van der Waals surface area contributed by atoms with Crippen molar-refractivity contribution in [2.75, 3.05) is 10.9 Å². The molecule has 29 heavy (non-hydrogen) atoms. The number of hydrogen-bond acceptors (Lipinski definition) is 4. The molecule has 0 atom stereocenters. The van der Waals surface area contributed by atoms with Crippen molar-refractivity contribution < 1.29 is 17.9 Å². The van der Waals surface area contributed by atoms with Crippen LogP contribution >= 0.6 is 11.6 Å². The summed E-state index contributed by atoms with van der Waals surface area (Å²) in [5, 5.41) is 0.535. The summed E-state index contributed by atoms with van der Waals surface area (Å²) < 4.78 is 33.0. The molecule has 3 aromatic rings. The molecular formula is C22H20ClNO4S. The average molecular weight is 430 g/mol. The van der Waals surface area contributed by atoms with Crippen molar-refractivity contribution in [2.45, 2.75) is 18.7 Å². The third-order valence-electron chi connectivity index (χ3n) is 4.48. The molecular weight excluding hydrogens is 410 g/mol. The molecule has 3 rings (SSSR count). The number of carbonyl (C=O) groups is 1. The molecule has 0 saturated carbocycles. The summed E-state index contributed by atoms with van der Waals surface area (Å²) in [7, 11) is -4.12. The number of ether oxygens (including phenoxy) is 1. The van der Waals surface area contributed by atoms with Gasteiger partial charge in [-0.15, -0.1) is 0 Å². The monoisotopic (exact) mass is 429 g/mol. The molecule has 0 saturated heterocycles. The summed E-state index contributed by atoms with van der Waals surface area (Å²) >= 11 is 5.85. The molecule has 0 unspecified atom stereocenters. The predicted octanol–water partition coefficient (Wildman–Crippen LogP) is 4.76. The van der Waals surface area contributed by atoms with E-state index in [4.69, 9.17) is 16.3 Å². The van der Waals surface area contributed by atoms with E-state index in [1.54, 1.807) is 61.5 Å². The molecule has 1 amide bonds. The Morgan fingerprint density at radius 2 is 1.59 bits per heavy atom. The van der Waals surface area contributed by atoms with Gasteiger partial charge in [0.1, 0.15) is 5.75 Å². The Bertz CT molecular complexity index is 1110. The van der Waals surface area contributed by atoms with Gasteiger partial charge in [-0.25, -0.2) is 8.42 Å². The summed E-state index contributed by atoms with van der Waals surface area (Å²) in [6, 6.07) is 19.5. The van der Waals surface area contributed by atoms with Crippen LogP contribution in [-0.4, -0.2) is 20.9 Å². The fourth-order valence-corrected chi connectivity index (χ4v) is 4.40. The Kier molecular flexibility index (Phi) is 6.25. The van der Waals surface area contributed by atoms with Crippen molar-refractivity contribution in [1.29, 1.82) is 0 Å². The highest BCUT2D eigenvalue weighted by atomic mass is 35.5. The van der Waals surface area contributed by atoms with Gasteiger partial charge in [-0.1, -0.05) is 41.9 Å². The topological polar surface area (TPSA) is 63.7 Å². The molecule has 3 aromatic carbocycles. The minimum Gasteiger partial charge on any atom is -0.484 e. The quantitative estimate of drug-likeness (QED) is 0.566. The number of benzene rings is 3. The standard InChI is InChI=1S/C22H20ClNO4S/c1-16-7-6-10-21(17(16)2)24(29(26,27)20-8-4-3-5-9-20)22(25)15-28-19-13-11-18(23)12-14-19/h3-14H,15H2,1-2H3. The molecule has 150 valence electrons. The van der Waals surface area contributed by atoms with Crippen LogP contribution in [0.3, 0.4) is 0 Å². The number of carbonyl (C=O) groups excluding carboxylic acids is 1. The van der Waals surface area contributed by atoms with Crippen LogP contribution in [0.2, 0.25) is 5.02 Å². The zero-order valence-corrected chi connectivity index (χ0v) is 17.6. The van der Waals surface area contributed by atoms with E-state index in [1.165, 1.54) is 12.1 Å². The lowest BCUT2D eigenvalue weighted by Crippen LogP contribution is -2.40. The van der Waals surface area contributed by atoms with E-state index in [2.05, 4.69) is 0 Å². The van der Waals surface area contributed by atoms with Crippen molar-refractivity contribution in [2.24, 2.45) is 0 Å².